The number of amides is 1. The van der Waals surface area contributed by atoms with E-state index in [1.807, 2.05) is 6.08 Å². The molecule has 0 aromatic rings. The summed E-state index contributed by atoms with van der Waals surface area (Å²) in [5.41, 5.74) is 0. The van der Waals surface area contributed by atoms with Crippen molar-refractivity contribution in [3.63, 3.8) is 0 Å². The zero-order valence-corrected chi connectivity index (χ0v) is 43.9. The van der Waals surface area contributed by atoms with E-state index in [1.165, 1.54) is 218 Å². The molecule has 67 heavy (non-hydrogen) atoms. The normalized spacial score (nSPS) is 19.8. The van der Waals surface area contributed by atoms with E-state index in [0.29, 0.717) is 6.42 Å². The van der Waals surface area contributed by atoms with Gasteiger partial charge in [-0.2, -0.15) is 0 Å². The first kappa shape index (κ1) is 63.7. The van der Waals surface area contributed by atoms with Crippen LogP contribution in [0.3, 0.4) is 0 Å². The van der Waals surface area contributed by atoms with Crippen molar-refractivity contribution in [3.05, 3.63) is 24.3 Å². The standard InChI is InChI=1S/C58H111NO8/c1-3-5-7-9-10-11-12-13-14-15-16-17-18-19-20-21-22-23-24-25-26-27-28-29-30-31-32-33-34-35-36-37-38-39-40-41-42-44-46-48-54(62)59-51(52(61)47-45-43-8-6-4-2)50-66-58-57(65)56(64)55(63)53(49-60)67-58/h15-16,45,47,51-53,55-58,60-61,63-65H,3-14,17-44,46,48-50H2,1-2H3,(H,59,62)/b16-15-,47-45+. The van der Waals surface area contributed by atoms with Gasteiger partial charge in [-0.3, -0.25) is 4.79 Å². The number of aliphatic hydroxyl groups excluding tert-OH is 5. The van der Waals surface area contributed by atoms with E-state index in [1.54, 1.807) is 6.08 Å². The molecule has 1 heterocycles. The maximum Gasteiger partial charge on any atom is 0.220 e. The summed E-state index contributed by atoms with van der Waals surface area (Å²) in [5.74, 6) is -0.179. The van der Waals surface area contributed by atoms with Gasteiger partial charge in [0.15, 0.2) is 6.29 Å². The molecule has 1 fully saturated rings. The minimum absolute atomic E-state index is 0.179. The van der Waals surface area contributed by atoms with Gasteiger partial charge in [-0.15, -0.1) is 0 Å². The van der Waals surface area contributed by atoms with Crippen LogP contribution >= 0.6 is 0 Å². The third-order valence-electron chi connectivity index (χ3n) is 14.0. The Hall–Kier alpha value is -1.33. The van der Waals surface area contributed by atoms with Crippen LogP contribution < -0.4 is 5.32 Å². The first-order valence-electron chi connectivity index (χ1n) is 29.1. The molecule has 1 amide bonds. The zero-order valence-electron chi connectivity index (χ0n) is 43.9. The summed E-state index contributed by atoms with van der Waals surface area (Å²) in [6.07, 6.45) is 55.0. The lowest BCUT2D eigenvalue weighted by Gasteiger charge is -2.40. The lowest BCUT2D eigenvalue weighted by Crippen LogP contribution is -2.60. The fourth-order valence-electron chi connectivity index (χ4n) is 9.39. The SMILES string of the molecule is CCCCC/C=C/C(O)C(COC1OC(CO)C(O)C(O)C1O)NC(=O)CCCCCCCCCCCCCCCCCCCCCCCCCCCCC/C=C\CCCCCCCCCC. The Morgan fingerprint density at radius 3 is 1.24 bits per heavy atom. The maximum absolute atomic E-state index is 12.9. The van der Waals surface area contributed by atoms with Crippen molar-refractivity contribution < 1.29 is 39.8 Å². The Kier molecular flexibility index (Phi) is 45.9. The fourth-order valence-corrected chi connectivity index (χ4v) is 9.39. The van der Waals surface area contributed by atoms with Crippen molar-refractivity contribution in [1.29, 1.82) is 0 Å². The van der Waals surface area contributed by atoms with E-state index in [4.69, 9.17) is 9.47 Å². The second-order valence-corrected chi connectivity index (χ2v) is 20.4. The predicted molar refractivity (Wildman–Crippen MR) is 281 cm³/mol. The summed E-state index contributed by atoms with van der Waals surface area (Å²) >= 11 is 0. The number of nitrogens with one attached hydrogen (secondary N) is 1. The molecule has 1 rings (SSSR count). The van der Waals surface area contributed by atoms with E-state index in [2.05, 4.69) is 31.3 Å². The van der Waals surface area contributed by atoms with Gasteiger partial charge in [-0.1, -0.05) is 256 Å². The van der Waals surface area contributed by atoms with Crippen molar-refractivity contribution >= 4 is 5.91 Å². The number of hydrogen-bond acceptors (Lipinski definition) is 8. The smallest absolute Gasteiger partial charge is 0.220 e. The van der Waals surface area contributed by atoms with Crippen molar-refractivity contribution in [2.45, 2.75) is 326 Å². The van der Waals surface area contributed by atoms with Crippen molar-refractivity contribution in [2.75, 3.05) is 13.2 Å². The molecule has 0 bridgehead atoms. The van der Waals surface area contributed by atoms with Crippen LogP contribution in [0.1, 0.15) is 284 Å². The minimum Gasteiger partial charge on any atom is -0.394 e. The van der Waals surface area contributed by atoms with Crippen LogP contribution in [-0.2, 0) is 14.3 Å². The predicted octanol–water partition coefficient (Wildman–Crippen LogP) is 14.2. The average Bonchev–Trinajstić information content (AvgIpc) is 3.33. The molecule has 0 radical (unpaired) electrons. The molecule has 7 atom stereocenters. The highest BCUT2D eigenvalue weighted by molar-refractivity contribution is 5.76. The highest BCUT2D eigenvalue weighted by atomic mass is 16.7. The molecule has 0 saturated carbocycles. The van der Waals surface area contributed by atoms with Crippen LogP contribution in [0.4, 0.5) is 0 Å². The number of hydrogen-bond donors (Lipinski definition) is 6. The molecule has 1 saturated heterocycles. The summed E-state index contributed by atoms with van der Waals surface area (Å²) in [4.78, 5) is 12.9. The lowest BCUT2D eigenvalue weighted by atomic mass is 9.99. The molecule has 6 N–H and O–H groups in total. The Bertz CT molecular complexity index is 1100. The van der Waals surface area contributed by atoms with E-state index < -0.39 is 49.5 Å². The van der Waals surface area contributed by atoms with Crippen LogP contribution in [0.5, 0.6) is 0 Å². The van der Waals surface area contributed by atoms with Gasteiger partial charge < -0.3 is 40.3 Å². The third-order valence-corrected chi connectivity index (χ3v) is 14.0. The van der Waals surface area contributed by atoms with Crippen LogP contribution in [0.25, 0.3) is 0 Å². The minimum atomic E-state index is -1.56. The third kappa shape index (κ3) is 38.1. The maximum atomic E-state index is 12.9. The van der Waals surface area contributed by atoms with E-state index in [0.717, 1.165) is 44.9 Å². The molecule has 0 aliphatic carbocycles. The van der Waals surface area contributed by atoms with Crippen LogP contribution in [0.2, 0.25) is 0 Å². The topological polar surface area (TPSA) is 149 Å². The number of rotatable bonds is 50. The second kappa shape index (κ2) is 48.3. The molecular formula is C58H111NO8. The number of carbonyl (C=O) groups excluding carboxylic acids is 1. The number of ether oxygens (including phenoxy) is 2. The van der Waals surface area contributed by atoms with Crippen LogP contribution in [-0.4, -0.2) is 87.5 Å². The summed E-state index contributed by atoms with van der Waals surface area (Å²) in [7, 11) is 0. The van der Waals surface area contributed by atoms with Crippen LogP contribution in [0.15, 0.2) is 24.3 Å². The molecule has 0 aromatic heterocycles. The summed E-state index contributed by atoms with van der Waals surface area (Å²) in [6, 6.07) is -0.797. The highest BCUT2D eigenvalue weighted by Crippen LogP contribution is 2.23. The average molecular weight is 951 g/mol. The van der Waals surface area contributed by atoms with Gasteiger partial charge in [0.2, 0.25) is 5.91 Å². The van der Waals surface area contributed by atoms with Gasteiger partial charge in [-0.25, -0.2) is 0 Å². The van der Waals surface area contributed by atoms with Gasteiger partial charge in [0.1, 0.15) is 24.4 Å². The fraction of sp³-hybridized carbons (Fsp3) is 0.914. The molecule has 396 valence electrons. The molecule has 0 spiro atoms. The number of allylic oxidation sites excluding steroid dienone is 3. The highest BCUT2D eigenvalue weighted by Gasteiger charge is 2.44. The molecule has 1 aliphatic heterocycles. The molecule has 1 aliphatic rings. The Morgan fingerprint density at radius 1 is 0.493 bits per heavy atom. The Balaban J connectivity index is 1.91. The molecular weight excluding hydrogens is 839 g/mol. The first-order chi connectivity index (χ1) is 32.8. The Labute approximate surface area is 413 Å². The zero-order chi connectivity index (χ0) is 48.7. The number of unbranched alkanes of at least 4 members (excludes halogenated alkanes) is 38. The van der Waals surface area contributed by atoms with Gasteiger partial charge in [0.05, 0.1) is 25.4 Å². The van der Waals surface area contributed by atoms with Crippen molar-refractivity contribution in [1.82, 2.24) is 5.32 Å². The monoisotopic (exact) mass is 950 g/mol. The number of carbonyl (C=O) groups is 1. The molecule has 7 unspecified atom stereocenters. The van der Waals surface area contributed by atoms with Crippen LogP contribution in [0, 0.1) is 0 Å². The van der Waals surface area contributed by atoms with Gasteiger partial charge in [-0.05, 0) is 44.9 Å². The summed E-state index contributed by atoms with van der Waals surface area (Å²) in [6.45, 7) is 3.68. The largest absolute Gasteiger partial charge is 0.394 e. The number of aliphatic hydroxyl groups is 5. The van der Waals surface area contributed by atoms with E-state index in [9.17, 15) is 30.3 Å². The summed E-state index contributed by atoms with van der Waals surface area (Å²) in [5, 5.41) is 53.8. The van der Waals surface area contributed by atoms with E-state index in [-0.39, 0.29) is 12.5 Å². The second-order valence-electron chi connectivity index (χ2n) is 20.4. The van der Waals surface area contributed by atoms with Gasteiger partial charge in [0.25, 0.3) is 0 Å². The van der Waals surface area contributed by atoms with E-state index >= 15 is 0 Å². The quantitative estimate of drug-likeness (QED) is 0.0261. The summed E-state index contributed by atoms with van der Waals surface area (Å²) < 4.78 is 11.1. The van der Waals surface area contributed by atoms with Gasteiger partial charge >= 0.3 is 0 Å². The molecule has 9 heteroatoms. The Morgan fingerprint density at radius 2 is 0.836 bits per heavy atom. The van der Waals surface area contributed by atoms with Crippen molar-refractivity contribution in [2.24, 2.45) is 0 Å². The molecule has 9 nitrogen and oxygen atoms in total. The molecule has 0 aromatic carbocycles. The van der Waals surface area contributed by atoms with Gasteiger partial charge in [0, 0.05) is 6.42 Å². The van der Waals surface area contributed by atoms with Crippen molar-refractivity contribution in [3.8, 4) is 0 Å². The lowest BCUT2D eigenvalue weighted by molar-refractivity contribution is -0.302. The first-order valence-corrected chi connectivity index (χ1v) is 29.1.